The van der Waals surface area contributed by atoms with Crippen LogP contribution in [0.5, 0.6) is 5.19 Å². The van der Waals surface area contributed by atoms with E-state index < -0.39 is 5.97 Å². The second kappa shape index (κ2) is 6.13. The minimum absolute atomic E-state index is 0.213. The maximum absolute atomic E-state index is 11.2. The van der Waals surface area contributed by atoms with Crippen molar-refractivity contribution in [3.05, 3.63) is 17.7 Å². The van der Waals surface area contributed by atoms with Crippen molar-refractivity contribution in [1.82, 2.24) is 10.2 Å². The first-order valence-corrected chi connectivity index (χ1v) is 5.34. The lowest BCUT2D eigenvalue weighted by Gasteiger charge is -1.96. The molecule has 0 fully saturated rings. The molecular formula is C9H12N2O3S. The Hall–Kier alpha value is -1.43. The lowest BCUT2D eigenvalue weighted by atomic mass is 10.5. The van der Waals surface area contributed by atoms with Crippen molar-refractivity contribution in [2.75, 3.05) is 13.2 Å². The molecule has 0 aliphatic rings. The molecule has 0 aromatic carbocycles. The van der Waals surface area contributed by atoms with Crippen LogP contribution >= 0.6 is 11.3 Å². The summed E-state index contributed by atoms with van der Waals surface area (Å²) in [6.07, 6.45) is 2.47. The normalized spacial score (nSPS) is 9.67. The van der Waals surface area contributed by atoms with Crippen LogP contribution in [-0.2, 0) is 4.74 Å². The summed E-state index contributed by atoms with van der Waals surface area (Å²) in [5, 5.41) is 7.95. The molecule has 1 rings (SSSR count). The topological polar surface area (TPSA) is 61.3 Å². The van der Waals surface area contributed by atoms with Gasteiger partial charge in [0.05, 0.1) is 13.2 Å². The highest BCUT2D eigenvalue weighted by molar-refractivity contribution is 7.14. The molecule has 1 aromatic heterocycles. The molecule has 1 heterocycles. The van der Waals surface area contributed by atoms with Gasteiger partial charge in [-0.1, -0.05) is 11.2 Å². The second-order valence-corrected chi connectivity index (χ2v) is 3.46. The summed E-state index contributed by atoms with van der Waals surface area (Å²) in [5.41, 5.74) is 0. The molecule has 0 saturated heterocycles. The van der Waals surface area contributed by atoms with E-state index in [9.17, 15) is 4.79 Å². The largest absolute Gasteiger partial charge is 0.469 e. The zero-order chi connectivity index (χ0) is 11.1. The first kappa shape index (κ1) is 11.6. The summed E-state index contributed by atoms with van der Waals surface area (Å²) in [5.74, 6) is -0.464. The summed E-state index contributed by atoms with van der Waals surface area (Å²) in [6, 6.07) is 0. The van der Waals surface area contributed by atoms with Gasteiger partial charge in [0.15, 0.2) is 0 Å². The van der Waals surface area contributed by atoms with Crippen molar-refractivity contribution in [3.63, 3.8) is 0 Å². The Labute approximate surface area is 91.7 Å². The smallest absolute Gasteiger partial charge is 0.369 e. The SMILES string of the molecule is C=CCCOc1nnc(C(=O)OCC)s1. The number of rotatable bonds is 6. The van der Waals surface area contributed by atoms with Crippen molar-refractivity contribution in [2.24, 2.45) is 0 Å². The monoisotopic (exact) mass is 228 g/mol. The van der Waals surface area contributed by atoms with Crippen molar-refractivity contribution in [3.8, 4) is 5.19 Å². The van der Waals surface area contributed by atoms with E-state index >= 15 is 0 Å². The van der Waals surface area contributed by atoms with Crippen LogP contribution < -0.4 is 4.74 Å². The Balaban J connectivity index is 2.48. The first-order chi connectivity index (χ1) is 7.27. The van der Waals surface area contributed by atoms with Crippen LogP contribution in [0.15, 0.2) is 12.7 Å². The van der Waals surface area contributed by atoms with E-state index in [0.29, 0.717) is 18.4 Å². The van der Waals surface area contributed by atoms with Crippen molar-refractivity contribution in [2.45, 2.75) is 13.3 Å². The van der Waals surface area contributed by atoms with Crippen LogP contribution in [0.25, 0.3) is 0 Å². The van der Waals surface area contributed by atoms with E-state index in [1.165, 1.54) is 0 Å². The molecule has 0 bridgehead atoms. The molecular weight excluding hydrogens is 216 g/mol. The van der Waals surface area contributed by atoms with E-state index in [1.54, 1.807) is 13.0 Å². The number of carbonyl (C=O) groups is 1. The molecule has 0 aliphatic carbocycles. The number of aromatic nitrogens is 2. The second-order valence-electron chi connectivity index (χ2n) is 2.52. The van der Waals surface area contributed by atoms with Gasteiger partial charge in [0.1, 0.15) is 0 Å². The van der Waals surface area contributed by atoms with Crippen LogP contribution in [0, 0.1) is 0 Å². The number of hydrogen-bond donors (Lipinski definition) is 0. The summed E-state index contributed by atoms with van der Waals surface area (Å²) < 4.78 is 9.99. The summed E-state index contributed by atoms with van der Waals surface area (Å²) in [6.45, 7) is 6.11. The van der Waals surface area contributed by atoms with Gasteiger partial charge < -0.3 is 9.47 Å². The van der Waals surface area contributed by atoms with Crippen LogP contribution in [0.3, 0.4) is 0 Å². The molecule has 6 heteroatoms. The molecule has 0 atom stereocenters. The Morgan fingerprint density at radius 2 is 2.40 bits per heavy atom. The standard InChI is InChI=1S/C9H12N2O3S/c1-3-5-6-14-9-11-10-7(15-9)8(12)13-4-2/h3H,1,4-6H2,2H3. The molecule has 1 aromatic rings. The minimum atomic E-state index is -0.464. The molecule has 0 radical (unpaired) electrons. The van der Waals surface area contributed by atoms with Gasteiger partial charge in [-0.25, -0.2) is 4.79 Å². The van der Waals surface area contributed by atoms with E-state index in [-0.39, 0.29) is 5.01 Å². The van der Waals surface area contributed by atoms with E-state index in [0.717, 1.165) is 17.8 Å². The fourth-order valence-corrected chi connectivity index (χ4v) is 1.39. The Bertz CT molecular complexity index is 338. The number of ether oxygens (including phenoxy) is 2. The molecule has 5 nitrogen and oxygen atoms in total. The van der Waals surface area contributed by atoms with Gasteiger partial charge in [-0.2, -0.15) is 0 Å². The van der Waals surface area contributed by atoms with Gasteiger partial charge in [0.25, 0.3) is 5.19 Å². The van der Waals surface area contributed by atoms with Gasteiger partial charge in [0, 0.05) is 0 Å². The molecule has 0 amide bonds. The average molecular weight is 228 g/mol. The molecule has 82 valence electrons. The van der Waals surface area contributed by atoms with E-state index in [1.807, 2.05) is 0 Å². The van der Waals surface area contributed by atoms with Crippen LogP contribution in [0.2, 0.25) is 0 Å². The number of esters is 1. The highest BCUT2D eigenvalue weighted by Gasteiger charge is 2.13. The number of nitrogens with zero attached hydrogens (tertiary/aromatic N) is 2. The van der Waals surface area contributed by atoms with E-state index in [4.69, 9.17) is 9.47 Å². The molecule has 0 saturated carbocycles. The number of carbonyl (C=O) groups excluding carboxylic acids is 1. The van der Waals surface area contributed by atoms with Crippen molar-refractivity contribution in [1.29, 1.82) is 0 Å². The number of hydrogen-bond acceptors (Lipinski definition) is 6. The average Bonchev–Trinajstić information content (AvgIpc) is 2.67. The molecule has 0 spiro atoms. The fraction of sp³-hybridized carbons (Fsp3) is 0.444. The quantitative estimate of drug-likeness (QED) is 0.421. The zero-order valence-corrected chi connectivity index (χ0v) is 9.25. The maximum atomic E-state index is 11.2. The van der Waals surface area contributed by atoms with Crippen LogP contribution in [0.4, 0.5) is 0 Å². The third-order valence-corrected chi connectivity index (χ3v) is 2.22. The van der Waals surface area contributed by atoms with Gasteiger partial charge in [-0.05, 0) is 24.7 Å². The molecule has 15 heavy (non-hydrogen) atoms. The van der Waals surface area contributed by atoms with Crippen molar-refractivity contribution >= 4 is 17.3 Å². The molecule has 0 unspecified atom stereocenters. The van der Waals surface area contributed by atoms with Crippen LogP contribution in [-0.4, -0.2) is 29.4 Å². The summed E-state index contributed by atoms with van der Waals surface area (Å²) in [7, 11) is 0. The predicted octanol–water partition coefficient (Wildman–Crippen LogP) is 1.67. The minimum Gasteiger partial charge on any atom is -0.469 e. The summed E-state index contributed by atoms with van der Waals surface area (Å²) in [4.78, 5) is 11.2. The fourth-order valence-electron chi connectivity index (χ4n) is 0.773. The Morgan fingerprint density at radius 1 is 1.60 bits per heavy atom. The van der Waals surface area contributed by atoms with Crippen molar-refractivity contribution < 1.29 is 14.3 Å². The summed E-state index contributed by atoms with van der Waals surface area (Å²) >= 11 is 1.08. The van der Waals surface area contributed by atoms with Gasteiger partial charge in [0.2, 0.25) is 5.01 Å². The molecule has 0 aliphatic heterocycles. The third kappa shape index (κ3) is 3.67. The highest BCUT2D eigenvalue weighted by atomic mass is 32.1. The maximum Gasteiger partial charge on any atom is 0.369 e. The molecule has 0 N–H and O–H groups in total. The van der Waals surface area contributed by atoms with Crippen LogP contribution in [0.1, 0.15) is 23.1 Å². The lowest BCUT2D eigenvalue weighted by molar-refractivity contribution is 0.0525. The predicted molar refractivity (Wildman–Crippen MR) is 56.2 cm³/mol. The van der Waals surface area contributed by atoms with Gasteiger partial charge >= 0.3 is 5.97 Å². The highest BCUT2D eigenvalue weighted by Crippen LogP contribution is 2.18. The van der Waals surface area contributed by atoms with Gasteiger partial charge in [-0.3, -0.25) is 0 Å². The first-order valence-electron chi connectivity index (χ1n) is 4.52. The lowest BCUT2D eigenvalue weighted by Crippen LogP contribution is -2.03. The Morgan fingerprint density at radius 3 is 3.07 bits per heavy atom. The third-order valence-electron chi connectivity index (χ3n) is 1.40. The van der Waals surface area contributed by atoms with E-state index in [2.05, 4.69) is 16.8 Å². The van der Waals surface area contributed by atoms with Gasteiger partial charge in [-0.15, -0.1) is 11.7 Å². The Kier molecular flexibility index (Phi) is 4.76. The zero-order valence-electron chi connectivity index (χ0n) is 8.43.